The summed E-state index contributed by atoms with van der Waals surface area (Å²) >= 11 is 4.98. The summed E-state index contributed by atoms with van der Waals surface area (Å²) in [6, 6.07) is 12.4. The Hall–Kier alpha value is -1.94. The highest BCUT2D eigenvalue weighted by atomic mass is 32.1. The Labute approximate surface area is 111 Å². The molecule has 0 fully saturated rings. The molecule has 2 nitrogen and oxygen atoms in total. The van der Waals surface area contributed by atoms with Gasteiger partial charge in [-0.1, -0.05) is 30.4 Å². The highest BCUT2D eigenvalue weighted by Gasteiger charge is 2.05. The first-order valence-electron chi connectivity index (χ1n) is 5.50. The van der Waals surface area contributed by atoms with Crippen molar-refractivity contribution in [1.82, 2.24) is 0 Å². The molecule has 92 valence electrons. The number of thiocarbonyl (C=S) groups is 1. The number of nitrogens with two attached hydrogens (primary N) is 1. The minimum absolute atomic E-state index is 0.243. The van der Waals surface area contributed by atoms with E-state index in [-0.39, 0.29) is 5.82 Å². The summed E-state index contributed by atoms with van der Waals surface area (Å²) in [5, 5.41) is 3.11. The number of para-hydroxylation sites is 1. The van der Waals surface area contributed by atoms with Gasteiger partial charge in [0.05, 0.1) is 0 Å². The molecule has 2 aromatic rings. The van der Waals surface area contributed by atoms with Crippen LogP contribution in [0.3, 0.4) is 0 Å². The summed E-state index contributed by atoms with van der Waals surface area (Å²) in [4.78, 5) is 0.311. The second-order valence-electron chi connectivity index (χ2n) is 4.00. The van der Waals surface area contributed by atoms with Crippen LogP contribution in [0.5, 0.6) is 0 Å². The van der Waals surface area contributed by atoms with Gasteiger partial charge < -0.3 is 11.1 Å². The SMILES string of the molecule is Cc1ccc(Nc2ccccc2C(N)=S)cc1F. The highest BCUT2D eigenvalue weighted by Crippen LogP contribution is 2.22. The van der Waals surface area contributed by atoms with E-state index in [1.54, 1.807) is 13.0 Å². The predicted octanol–water partition coefficient (Wildman–Crippen LogP) is 3.51. The van der Waals surface area contributed by atoms with Crippen molar-refractivity contribution in [1.29, 1.82) is 0 Å². The van der Waals surface area contributed by atoms with Crippen LogP contribution in [0.4, 0.5) is 15.8 Å². The van der Waals surface area contributed by atoms with E-state index in [1.165, 1.54) is 6.07 Å². The van der Waals surface area contributed by atoms with E-state index in [9.17, 15) is 4.39 Å². The van der Waals surface area contributed by atoms with Gasteiger partial charge in [-0.25, -0.2) is 4.39 Å². The molecule has 2 rings (SSSR count). The number of rotatable bonds is 3. The molecule has 0 spiro atoms. The van der Waals surface area contributed by atoms with Gasteiger partial charge >= 0.3 is 0 Å². The minimum Gasteiger partial charge on any atom is -0.389 e. The first-order chi connectivity index (χ1) is 8.58. The zero-order valence-corrected chi connectivity index (χ0v) is 10.7. The summed E-state index contributed by atoms with van der Waals surface area (Å²) in [7, 11) is 0. The molecular formula is C14H13FN2S. The first-order valence-corrected chi connectivity index (χ1v) is 5.91. The van der Waals surface area contributed by atoms with Crippen molar-refractivity contribution in [2.75, 3.05) is 5.32 Å². The molecule has 3 N–H and O–H groups in total. The molecule has 0 saturated heterocycles. The third kappa shape index (κ3) is 2.65. The van der Waals surface area contributed by atoms with Crippen LogP contribution in [0, 0.1) is 12.7 Å². The molecule has 0 atom stereocenters. The lowest BCUT2D eigenvalue weighted by Crippen LogP contribution is -2.11. The second-order valence-corrected chi connectivity index (χ2v) is 4.44. The Bertz CT molecular complexity index is 596. The second kappa shape index (κ2) is 5.14. The molecule has 0 aliphatic rings. The van der Waals surface area contributed by atoms with E-state index < -0.39 is 0 Å². The largest absolute Gasteiger partial charge is 0.389 e. The van der Waals surface area contributed by atoms with Crippen LogP contribution in [0.25, 0.3) is 0 Å². The molecule has 0 bridgehead atoms. The van der Waals surface area contributed by atoms with Gasteiger partial charge in [0.1, 0.15) is 10.8 Å². The highest BCUT2D eigenvalue weighted by molar-refractivity contribution is 7.80. The predicted molar refractivity (Wildman–Crippen MR) is 76.7 cm³/mol. The lowest BCUT2D eigenvalue weighted by molar-refractivity contribution is 0.619. The number of hydrogen-bond donors (Lipinski definition) is 2. The maximum atomic E-state index is 13.5. The van der Waals surface area contributed by atoms with Crippen molar-refractivity contribution in [2.45, 2.75) is 6.92 Å². The van der Waals surface area contributed by atoms with E-state index >= 15 is 0 Å². The van der Waals surface area contributed by atoms with Crippen molar-refractivity contribution in [3.63, 3.8) is 0 Å². The van der Waals surface area contributed by atoms with Crippen LogP contribution in [0.2, 0.25) is 0 Å². The monoisotopic (exact) mass is 260 g/mol. The molecule has 0 heterocycles. The van der Waals surface area contributed by atoms with Gasteiger partial charge in [0.25, 0.3) is 0 Å². The normalized spacial score (nSPS) is 10.1. The fourth-order valence-corrected chi connectivity index (χ4v) is 1.81. The van der Waals surface area contributed by atoms with Gasteiger partial charge in [-0.3, -0.25) is 0 Å². The topological polar surface area (TPSA) is 38.0 Å². The van der Waals surface area contributed by atoms with Crippen molar-refractivity contribution >= 4 is 28.6 Å². The quantitative estimate of drug-likeness (QED) is 0.829. The lowest BCUT2D eigenvalue weighted by atomic mass is 10.1. The number of anilines is 2. The third-order valence-corrected chi connectivity index (χ3v) is 2.86. The molecule has 18 heavy (non-hydrogen) atoms. The first kappa shape index (κ1) is 12.5. The smallest absolute Gasteiger partial charge is 0.128 e. The molecule has 0 amide bonds. The molecule has 0 aromatic heterocycles. The lowest BCUT2D eigenvalue weighted by Gasteiger charge is -2.11. The Morgan fingerprint density at radius 1 is 1.22 bits per heavy atom. The minimum atomic E-state index is -0.243. The average Bonchev–Trinajstić information content (AvgIpc) is 2.34. The number of benzene rings is 2. The molecule has 2 aromatic carbocycles. The summed E-state index contributed by atoms with van der Waals surface area (Å²) in [6.45, 7) is 1.72. The fraction of sp³-hybridized carbons (Fsp3) is 0.0714. The van der Waals surface area contributed by atoms with Crippen LogP contribution in [0.1, 0.15) is 11.1 Å². The van der Waals surface area contributed by atoms with Crippen molar-refractivity contribution < 1.29 is 4.39 Å². The van der Waals surface area contributed by atoms with Gasteiger partial charge in [-0.05, 0) is 36.8 Å². The zero-order valence-electron chi connectivity index (χ0n) is 9.91. The summed E-state index contributed by atoms with van der Waals surface area (Å²) in [5.41, 5.74) is 8.44. The molecule has 0 saturated carbocycles. The Balaban J connectivity index is 2.34. The van der Waals surface area contributed by atoms with Crippen molar-refractivity contribution in [3.05, 3.63) is 59.4 Å². The van der Waals surface area contributed by atoms with E-state index in [4.69, 9.17) is 18.0 Å². The van der Waals surface area contributed by atoms with E-state index in [2.05, 4.69) is 5.32 Å². The number of aryl methyl sites for hydroxylation is 1. The maximum absolute atomic E-state index is 13.5. The number of hydrogen-bond acceptors (Lipinski definition) is 2. The van der Waals surface area contributed by atoms with Crippen molar-refractivity contribution in [2.24, 2.45) is 5.73 Å². The summed E-state index contributed by atoms with van der Waals surface area (Å²) in [5.74, 6) is -0.243. The Kier molecular flexibility index (Phi) is 3.58. The Morgan fingerprint density at radius 3 is 2.61 bits per heavy atom. The molecule has 0 aliphatic heterocycles. The standard InChI is InChI=1S/C14H13FN2S/c1-9-6-7-10(8-12(9)15)17-13-5-3-2-4-11(13)14(16)18/h2-8,17H,1H3,(H2,16,18). The van der Waals surface area contributed by atoms with E-state index in [1.807, 2.05) is 30.3 Å². The molecule has 0 unspecified atom stereocenters. The molecular weight excluding hydrogens is 247 g/mol. The fourth-order valence-electron chi connectivity index (χ4n) is 1.63. The average molecular weight is 260 g/mol. The van der Waals surface area contributed by atoms with Crippen molar-refractivity contribution in [3.8, 4) is 0 Å². The van der Waals surface area contributed by atoms with Gasteiger partial charge in [-0.2, -0.15) is 0 Å². The molecule has 0 aliphatic carbocycles. The number of halogens is 1. The van der Waals surface area contributed by atoms with Gasteiger partial charge in [0, 0.05) is 16.9 Å². The van der Waals surface area contributed by atoms with Crippen LogP contribution < -0.4 is 11.1 Å². The van der Waals surface area contributed by atoms with Crippen LogP contribution >= 0.6 is 12.2 Å². The van der Waals surface area contributed by atoms with E-state index in [0.29, 0.717) is 16.2 Å². The van der Waals surface area contributed by atoms with Gasteiger partial charge in [-0.15, -0.1) is 0 Å². The third-order valence-electron chi connectivity index (χ3n) is 2.64. The van der Waals surface area contributed by atoms with Crippen LogP contribution in [0.15, 0.2) is 42.5 Å². The van der Waals surface area contributed by atoms with Gasteiger partial charge in [0.2, 0.25) is 0 Å². The summed E-state index contributed by atoms with van der Waals surface area (Å²) < 4.78 is 13.5. The molecule has 4 heteroatoms. The summed E-state index contributed by atoms with van der Waals surface area (Å²) in [6.07, 6.45) is 0. The zero-order chi connectivity index (χ0) is 13.1. The van der Waals surface area contributed by atoms with Crippen LogP contribution in [-0.2, 0) is 0 Å². The maximum Gasteiger partial charge on any atom is 0.128 e. The van der Waals surface area contributed by atoms with E-state index in [0.717, 1.165) is 11.3 Å². The Morgan fingerprint density at radius 2 is 1.94 bits per heavy atom. The van der Waals surface area contributed by atoms with Gasteiger partial charge in [0.15, 0.2) is 0 Å². The number of nitrogens with one attached hydrogen (secondary N) is 1. The van der Waals surface area contributed by atoms with Crippen LogP contribution in [-0.4, -0.2) is 4.99 Å². The molecule has 0 radical (unpaired) electrons.